The van der Waals surface area contributed by atoms with Gasteiger partial charge in [0, 0.05) is 11.8 Å². The Labute approximate surface area is 243 Å². The topological polar surface area (TPSA) is 46.5 Å². The van der Waals surface area contributed by atoms with Crippen LogP contribution in [0.3, 0.4) is 0 Å². The zero-order valence-electron chi connectivity index (χ0n) is 26.5. The summed E-state index contributed by atoms with van der Waals surface area (Å²) >= 11 is 0. The predicted octanol–water partition coefficient (Wildman–Crippen LogP) is 9.35. The minimum Gasteiger partial charge on any atom is -0.429 e. The van der Waals surface area contributed by atoms with E-state index in [2.05, 4.69) is 61.5 Å². The van der Waals surface area contributed by atoms with Gasteiger partial charge in [-0.2, -0.15) is 0 Å². The van der Waals surface area contributed by atoms with Crippen LogP contribution in [0, 0.1) is 50.2 Å². The van der Waals surface area contributed by atoms with Gasteiger partial charge in [-0.15, -0.1) is 0 Å². The fraction of sp³-hybridized carbons (Fsp3) is 0.757. The average Bonchev–Trinajstić information content (AvgIpc) is 2.89. The number of rotatable bonds is 2. The van der Waals surface area contributed by atoms with Crippen LogP contribution < -0.4 is 0 Å². The fourth-order valence-corrected chi connectivity index (χ4v) is 11.4. The van der Waals surface area contributed by atoms with Gasteiger partial charge < -0.3 is 9.84 Å². The first-order valence-corrected chi connectivity index (χ1v) is 16.2. The molecule has 0 aliphatic heterocycles. The molecule has 0 spiro atoms. The van der Waals surface area contributed by atoms with Crippen LogP contribution in [0.25, 0.3) is 0 Å². The van der Waals surface area contributed by atoms with E-state index in [-0.39, 0.29) is 16.2 Å². The lowest BCUT2D eigenvalue weighted by Gasteiger charge is -2.72. The molecule has 4 saturated carbocycles. The zero-order valence-corrected chi connectivity index (χ0v) is 26.5. The van der Waals surface area contributed by atoms with Gasteiger partial charge in [-0.3, -0.25) is 0 Å². The maximum atomic E-state index is 13.1. The minimum atomic E-state index is -1.46. The maximum Gasteiger partial charge on any atom is 0.340 e. The lowest BCUT2D eigenvalue weighted by atomic mass is 9.33. The second-order valence-corrected chi connectivity index (χ2v) is 17.1. The standard InChI is InChI=1S/C37H54O3/c1-31(2)18-19-33(5)20-22-35(7)26(27(33)24-31)14-15-29-34(6)21-23-37(39,40-30(38)25-12-10-9-11-13-25)32(3,4)28(34)16-17-36(29,35)8/h9-14,27-29,39H,15-24H2,1-8H3/t27-,28?,29-,33-,34+,35-,36-,37+/m1/s1. The number of carbonyl (C=O) groups is 1. The molecule has 0 heterocycles. The van der Waals surface area contributed by atoms with Crippen molar-refractivity contribution in [1.82, 2.24) is 0 Å². The molecule has 1 aromatic carbocycles. The SMILES string of the molecule is CC1(C)CC[C@]2(C)CC[C@]3(C)C(=CC[C@@H]4[C@@]5(C)CC[C@](O)(OC(=O)c6ccccc6)C(C)(C)C5CC[C@]43C)[C@H]2C1. The Morgan fingerprint density at radius 3 is 2.20 bits per heavy atom. The van der Waals surface area contributed by atoms with Crippen LogP contribution in [0.1, 0.15) is 130 Å². The molecule has 0 aromatic heterocycles. The Balaban J connectivity index is 1.33. The zero-order chi connectivity index (χ0) is 29.0. The molecule has 3 heteroatoms. The summed E-state index contributed by atoms with van der Waals surface area (Å²) in [4.78, 5) is 13.1. The predicted molar refractivity (Wildman–Crippen MR) is 162 cm³/mol. The first-order valence-electron chi connectivity index (χ1n) is 16.2. The highest BCUT2D eigenvalue weighted by molar-refractivity contribution is 5.89. The summed E-state index contributed by atoms with van der Waals surface area (Å²) in [5.41, 5.74) is 3.24. The number of allylic oxidation sites excluding steroid dienone is 2. The van der Waals surface area contributed by atoms with Crippen molar-refractivity contribution in [3.63, 3.8) is 0 Å². The molecule has 4 fully saturated rings. The van der Waals surface area contributed by atoms with Crippen molar-refractivity contribution in [1.29, 1.82) is 0 Å². The van der Waals surface area contributed by atoms with E-state index in [0.29, 0.717) is 40.6 Å². The number of hydrogen-bond donors (Lipinski definition) is 1. The van der Waals surface area contributed by atoms with Crippen molar-refractivity contribution >= 4 is 5.97 Å². The Hall–Kier alpha value is -1.61. The summed E-state index contributed by atoms with van der Waals surface area (Å²) < 4.78 is 6.04. The highest BCUT2D eigenvalue weighted by Crippen LogP contribution is 2.76. The summed E-state index contributed by atoms with van der Waals surface area (Å²) in [5, 5.41) is 12.0. The molecular formula is C37H54O3. The van der Waals surface area contributed by atoms with Crippen molar-refractivity contribution < 1.29 is 14.6 Å². The summed E-state index contributed by atoms with van der Waals surface area (Å²) in [6, 6.07) is 9.13. The van der Waals surface area contributed by atoms with Gasteiger partial charge in [0.05, 0.1) is 5.56 Å². The van der Waals surface area contributed by atoms with Gasteiger partial charge in [0.2, 0.25) is 5.79 Å². The molecule has 40 heavy (non-hydrogen) atoms. The van der Waals surface area contributed by atoms with E-state index in [9.17, 15) is 9.90 Å². The first kappa shape index (κ1) is 28.5. The molecule has 0 saturated heterocycles. The third-order valence-corrected chi connectivity index (χ3v) is 14.5. The lowest BCUT2D eigenvalue weighted by molar-refractivity contribution is -0.309. The fourth-order valence-electron chi connectivity index (χ4n) is 11.4. The van der Waals surface area contributed by atoms with Crippen LogP contribution >= 0.6 is 0 Å². The highest BCUT2D eigenvalue weighted by Gasteiger charge is 2.70. The average molecular weight is 547 g/mol. The van der Waals surface area contributed by atoms with E-state index in [1.165, 1.54) is 38.5 Å². The molecule has 220 valence electrons. The third kappa shape index (κ3) is 3.74. The number of fused-ring (bicyclic) bond motifs is 7. The lowest BCUT2D eigenvalue weighted by Crippen LogP contribution is -2.67. The Morgan fingerprint density at radius 2 is 1.50 bits per heavy atom. The number of aliphatic hydroxyl groups is 1. The van der Waals surface area contributed by atoms with E-state index in [1.807, 2.05) is 18.2 Å². The van der Waals surface area contributed by atoms with Crippen molar-refractivity contribution in [3.05, 3.63) is 47.5 Å². The second-order valence-electron chi connectivity index (χ2n) is 17.1. The third-order valence-electron chi connectivity index (χ3n) is 14.5. The van der Waals surface area contributed by atoms with Crippen molar-refractivity contribution in [3.8, 4) is 0 Å². The van der Waals surface area contributed by atoms with E-state index < -0.39 is 17.2 Å². The Kier molecular flexibility index (Phi) is 6.21. The molecule has 5 aliphatic carbocycles. The Morgan fingerprint density at radius 1 is 0.825 bits per heavy atom. The summed E-state index contributed by atoms with van der Waals surface area (Å²) in [6.07, 6.45) is 14.3. The highest BCUT2D eigenvalue weighted by atomic mass is 16.7. The van der Waals surface area contributed by atoms with Crippen molar-refractivity contribution in [2.45, 2.75) is 125 Å². The van der Waals surface area contributed by atoms with E-state index in [4.69, 9.17) is 4.74 Å². The summed E-state index contributed by atoms with van der Waals surface area (Å²) in [7, 11) is 0. The smallest absolute Gasteiger partial charge is 0.340 e. The molecular weight excluding hydrogens is 492 g/mol. The van der Waals surface area contributed by atoms with E-state index in [1.54, 1.807) is 17.7 Å². The van der Waals surface area contributed by atoms with Crippen LogP contribution in [0.15, 0.2) is 42.0 Å². The number of carbonyl (C=O) groups excluding carboxylic acids is 1. The van der Waals surface area contributed by atoms with Gasteiger partial charge >= 0.3 is 5.97 Å². The van der Waals surface area contributed by atoms with Crippen LogP contribution in [0.5, 0.6) is 0 Å². The summed E-state index contributed by atoms with van der Waals surface area (Å²) in [6.45, 7) is 19.7. The maximum absolute atomic E-state index is 13.1. The quantitative estimate of drug-likeness (QED) is 0.228. The molecule has 5 aliphatic rings. The van der Waals surface area contributed by atoms with Gasteiger partial charge in [-0.05, 0) is 115 Å². The molecule has 0 radical (unpaired) electrons. The number of benzene rings is 1. The van der Waals surface area contributed by atoms with Gasteiger partial charge in [0.25, 0.3) is 0 Å². The van der Waals surface area contributed by atoms with Crippen LogP contribution in [0.4, 0.5) is 0 Å². The number of esters is 1. The molecule has 0 bridgehead atoms. The Bertz CT molecular complexity index is 1210. The van der Waals surface area contributed by atoms with Crippen LogP contribution in [-0.2, 0) is 4.74 Å². The van der Waals surface area contributed by atoms with Gasteiger partial charge in [0.1, 0.15) is 0 Å². The minimum absolute atomic E-state index is 0.0967. The van der Waals surface area contributed by atoms with Crippen LogP contribution in [-0.4, -0.2) is 16.9 Å². The number of ether oxygens (including phenoxy) is 1. The number of hydrogen-bond acceptors (Lipinski definition) is 3. The molecule has 3 nitrogen and oxygen atoms in total. The largest absolute Gasteiger partial charge is 0.429 e. The normalized spacial score (nSPS) is 47.0. The first-order chi connectivity index (χ1) is 18.5. The van der Waals surface area contributed by atoms with Crippen molar-refractivity contribution in [2.75, 3.05) is 0 Å². The van der Waals surface area contributed by atoms with Crippen LogP contribution in [0.2, 0.25) is 0 Å². The van der Waals surface area contributed by atoms with Crippen molar-refractivity contribution in [2.24, 2.45) is 50.2 Å². The molecule has 1 N–H and O–H groups in total. The van der Waals surface area contributed by atoms with E-state index in [0.717, 1.165) is 19.3 Å². The second kappa shape index (κ2) is 8.71. The molecule has 1 unspecified atom stereocenters. The monoisotopic (exact) mass is 546 g/mol. The van der Waals surface area contributed by atoms with Gasteiger partial charge in [-0.1, -0.05) is 85.2 Å². The molecule has 1 aromatic rings. The summed E-state index contributed by atoms with van der Waals surface area (Å²) in [5.74, 6) is -0.302. The van der Waals surface area contributed by atoms with E-state index >= 15 is 0 Å². The molecule has 6 rings (SSSR count). The van der Waals surface area contributed by atoms with Gasteiger partial charge in [0.15, 0.2) is 0 Å². The van der Waals surface area contributed by atoms with Gasteiger partial charge in [-0.25, -0.2) is 4.79 Å². The molecule has 8 atom stereocenters. The molecule has 0 amide bonds.